The molecule has 15 heavy (non-hydrogen) atoms. The fourth-order valence-electron chi connectivity index (χ4n) is 0.732. The molecule has 1 aromatic heterocycles. The minimum atomic E-state index is -1.40. The third-order valence-corrected chi connectivity index (χ3v) is 2.92. The highest BCUT2D eigenvalue weighted by molar-refractivity contribution is 7.14. The van der Waals surface area contributed by atoms with Crippen molar-refractivity contribution in [1.82, 2.24) is 4.98 Å². The van der Waals surface area contributed by atoms with Crippen molar-refractivity contribution in [2.24, 2.45) is 0 Å². The topological polar surface area (TPSA) is 62.2 Å². The molecule has 0 aliphatic heterocycles. The van der Waals surface area contributed by atoms with E-state index in [4.69, 9.17) is 5.11 Å². The van der Waals surface area contributed by atoms with E-state index in [9.17, 15) is 4.79 Å². The molecular formula is C9H12N2O2SSi. The molecule has 1 amide bonds. The number of carbonyl (C=O) groups is 1. The summed E-state index contributed by atoms with van der Waals surface area (Å²) in [6, 6.07) is 0. The number of amides is 1. The molecule has 2 N–H and O–H groups in total. The summed E-state index contributed by atoms with van der Waals surface area (Å²) in [6.07, 6.45) is -1.10. The molecule has 0 radical (unpaired) electrons. The Morgan fingerprint density at radius 1 is 1.60 bits per heavy atom. The zero-order valence-corrected chi connectivity index (χ0v) is 10.6. The standard InChI is InChI=1S/C9H12N2O2SSi/c1-15(2,3)5-4-7-6-14-8(10-7)11-9(12)13/h6H,1-3H3,(H,10,11)(H,12,13). The number of rotatable bonds is 1. The second-order valence-corrected chi connectivity index (χ2v) is 9.58. The van der Waals surface area contributed by atoms with Crippen molar-refractivity contribution in [2.75, 3.05) is 5.32 Å². The van der Waals surface area contributed by atoms with Gasteiger partial charge in [-0.15, -0.1) is 16.9 Å². The van der Waals surface area contributed by atoms with Gasteiger partial charge in [-0.3, -0.25) is 5.32 Å². The van der Waals surface area contributed by atoms with Crippen LogP contribution in [0.5, 0.6) is 0 Å². The third kappa shape index (κ3) is 4.62. The number of carboxylic acid groups (broad SMARTS) is 1. The number of nitrogens with one attached hydrogen (secondary N) is 1. The zero-order valence-electron chi connectivity index (χ0n) is 8.79. The Bertz CT molecular complexity index is 425. The number of hydrogen-bond donors (Lipinski definition) is 2. The van der Waals surface area contributed by atoms with Crippen LogP contribution in [0.4, 0.5) is 9.93 Å². The quantitative estimate of drug-likeness (QED) is 0.585. The highest BCUT2D eigenvalue weighted by atomic mass is 32.1. The maximum Gasteiger partial charge on any atom is 0.410 e. The number of anilines is 1. The van der Waals surface area contributed by atoms with Crippen LogP contribution in [-0.4, -0.2) is 24.3 Å². The predicted octanol–water partition coefficient (Wildman–Crippen LogP) is 2.46. The van der Waals surface area contributed by atoms with Crippen molar-refractivity contribution < 1.29 is 9.90 Å². The third-order valence-electron chi connectivity index (χ3n) is 1.28. The summed E-state index contributed by atoms with van der Waals surface area (Å²) in [5.74, 6) is 2.96. The summed E-state index contributed by atoms with van der Waals surface area (Å²) in [5.41, 5.74) is 3.79. The van der Waals surface area contributed by atoms with Gasteiger partial charge >= 0.3 is 6.09 Å². The lowest BCUT2D eigenvalue weighted by atomic mass is 10.5. The Morgan fingerprint density at radius 2 is 2.27 bits per heavy atom. The summed E-state index contributed by atoms with van der Waals surface area (Å²) in [4.78, 5) is 14.4. The molecule has 0 aliphatic rings. The molecule has 0 aliphatic carbocycles. The Balaban J connectivity index is 2.75. The van der Waals surface area contributed by atoms with Crippen molar-refractivity contribution in [1.29, 1.82) is 0 Å². The van der Waals surface area contributed by atoms with Crippen LogP contribution in [0.3, 0.4) is 0 Å². The van der Waals surface area contributed by atoms with Crippen LogP contribution < -0.4 is 5.32 Å². The van der Waals surface area contributed by atoms with Crippen LogP contribution >= 0.6 is 11.3 Å². The summed E-state index contributed by atoms with van der Waals surface area (Å²) >= 11 is 1.24. The second kappa shape index (κ2) is 4.46. The van der Waals surface area contributed by atoms with Gasteiger partial charge in [0, 0.05) is 5.38 Å². The fraction of sp³-hybridized carbons (Fsp3) is 0.333. The molecule has 0 bridgehead atoms. The number of thiazole rings is 1. The second-order valence-electron chi connectivity index (χ2n) is 3.97. The number of aromatic nitrogens is 1. The van der Waals surface area contributed by atoms with Gasteiger partial charge in [0.2, 0.25) is 0 Å². The normalized spacial score (nSPS) is 10.3. The Hall–Kier alpha value is -1.32. The molecule has 0 unspecified atom stereocenters. The van der Waals surface area contributed by atoms with Gasteiger partial charge in [0.1, 0.15) is 13.8 Å². The summed E-state index contributed by atoms with van der Waals surface area (Å²) in [5, 5.41) is 12.8. The first-order valence-electron chi connectivity index (χ1n) is 4.35. The number of hydrogen-bond acceptors (Lipinski definition) is 3. The summed E-state index contributed by atoms with van der Waals surface area (Å²) < 4.78 is 0. The van der Waals surface area contributed by atoms with E-state index in [1.165, 1.54) is 11.3 Å². The molecule has 4 nitrogen and oxygen atoms in total. The lowest BCUT2D eigenvalue weighted by Crippen LogP contribution is -2.16. The van der Waals surface area contributed by atoms with Gasteiger partial charge in [0.25, 0.3) is 0 Å². The van der Waals surface area contributed by atoms with Gasteiger partial charge in [0.05, 0.1) is 0 Å². The van der Waals surface area contributed by atoms with Gasteiger partial charge < -0.3 is 5.11 Å². The lowest BCUT2D eigenvalue weighted by molar-refractivity contribution is 0.209. The van der Waals surface area contributed by atoms with Crippen molar-refractivity contribution in [3.63, 3.8) is 0 Å². The molecule has 0 aromatic carbocycles. The molecule has 80 valence electrons. The van der Waals surface area contributed by atoms with Gasteiger partial charge in [-0.2, -0.15) is 0 Å². The smallest absolute Gasteiger partial charge is 0.410 e. The van der Waals surface area contributed by atoms with E-state index in [0.29, 0.717) is 10.8 Å². The lowest BCUT2D eigenvalue weighted by Gasteiger charge is -2.02. The van der Waals surface area contributed by atoms with Crippen LogP contribution in [0.15, 0.2) is 5.38 Å². The SMILES string of the molecule is C[Si](C)(C)C#Cc1csc(NC(=O)O)n1. The van der Waals surface area contributed by atoms with Crippen molar-refractivity contribution in [3.05, 3.63) is 11.1 Å². The summed E-state index contributed by atoms with van der Waals surface area (Å²) in [6.45, 7) is 6.42. The Morgan fingerprint density at radius 3 is 2.80 bits per heavy atom. The maximum atomic E-state index is 10.3. The van der Waals surface area contributed by atoms with E-state index < -0.39 is 14.2 Å². The average molecular weight is 240 g/mol. The largest absolute Gasteiger partial charge is 0.465 e. The Kier molecular flexibility index (Phi) is 3.50. The summed E-state index contributed by atoms with van der Waals surface area (Å²) in [7, 11) is -1.40. The molecular weight excluding hydrogens is 228 g/mol. The maximum absolute atomic E-state index is 10.3. The van der Waals surface area contributed by atoms with Gasteiger partial charge in [-0.05, 0) is 0 Å². The van der Waals surface area contributed by atoms with Gasteiger partial charge in [0.15, 0.2) is 5.13 Å². The minimum absolute atomic E-state index is 0.363. The van der Waals surface area contributed by atoms with E-state index in [2.05, 4.69) is 41.4 Å². The molecule has 1 aromatic rings. The van der Waals surface area contributed by atoms with Gasteiger partial charge in [-0.1, -0.05) is 25.6 Å². The van der Waals surface area contributed by atoms with E-state index >= 15 is 0 Å². The highest BCUT2D eigenvalue weighted by Crippen LogP contribution is 2.14. The van der Waals surface area contributed by atoms with E-state index in [1.54, 1.807) is 5.38 Å². The van der Waals surface area contributed by atoms with Crippen LogP contribution in [0.2, 0.25) is 19.6 Å². The average Bonchev–Trinajstić information content (AvgIpc) is 2.46. The molecule has 0 spiro atoms. The van der Waals surface area contributed by atoms with Crippen LogP contribution in [-0.2, 0) is 0 Å². The monoisotopic (exact) mass is 240 g/mol. The molecule has 0 atom stereocenters. The zero-order chi connectivity index (χ0) is 11.5. The number of nitrogens with zero attached hydrogens (tertiary/aromatic N) is 1. The van der Waals surface area contributed by atoms with E-state index in [1.807, 2.05) is 0 Å². The predicted molar refractivity (Wildman–Crippen MR) is 64.0 cm³/mol. The van der Waals surface area contributed by atoms with Crippen molar-refractivity contribution >= 4 is 30.6 Å². The van der Waals surface area contributed by atoms with Crippen LogP contribution in [0.1, 0.15) is 5.69 Å². The molecule has 6 heteroatoms. The minimum Gasteiger partial charge on any atom is -0.465 e. The van der Waals surface area contributed by atoms with Crippen molar-refractivity contribution in [2.45, 2.75) is 19.6 Å². The highest BCUT2D eigenvalue weighted by Gasteiger charge is 2.08. The molecule has 0 saturated carbocycles. The van der Waals surface area contributed by atoms with Crippen LogP contribution in [0.25, 0.3) is 0 Å². The van der Waals surface area contributed by atoms with E-state index in [0.717, 1.165) is 0 Å². The molecule has 1 rings (SSSR count). The van der Waals surface area contributed by atoms with E-state index in [-0.39, 0.29) is 0 Å². The molecule has 0 fully saturated rings. The first kappa shape index (κ1) is 11.7. The Labute approximate surface area is 93.4 Å². The van der Waals surface area contributed by atoms with Gasteiger partial charge in [-0.25, -0.2) is 9.78 Å². The van der Waals surface area contributed by atoms with Crippen LogP contribution in [0, 0.1) is 11.5 Å². The first-order valence-corrected chi connectivity index (χ1v) is 8.73. The molecule has 0 saturated heterocycles. The first-order chi connectivity index (χ1) is 6.87. The van der Waals surface area contributed by atoms with Crippen molar-refractivity contribution in [3.8, 4) is 11.5 Å². The fourth-order valence-corrected chi connectivity index (χ4v) is 1.87. The molecule has 1 heterocycles.